The van der Waals surface area contributed by atoms with Crippen LogP contribution >= 0.6 is 0 Å². The molecule has 2 amide bonds. The van der Waals surface area contributed by atoms with Crippen molar-refractivity contribution in [1.82, 2.24) is 9.80 Å². The normalized spacial score (nSPS) is 26.4. The maximum atomic E-state index is 12.0. The van der Waals surface area contributed by atoms with E-state index in [1.807, 2.05) is 0 Å². The Bertz CT molecular complexity index is 558. The SMILES string of the molecule is Cc1ccc(CN2C[C@@H]3C(=O)N(C)C(=O)[C@@H]3C2)cc1C. The van der Waals surface area contributed by atoms with Crippen LogP contribution in [0.2, 0.25) is 0 Å². The van der Waals surface area contributed by atoms with Gasteiger partial charge in [-0.25, -0.2) is 0 Å². The minimum absolute atomic E-state index is 0.0115. The maximum absolute atomic E-state index is 12.0. The molecule has 0 bridgehead atoms. The van der Waals surface area contributed by atoms with Crippen molar-refractivity contribution in [3.63, 3.8) is 0 Å². The summed E-state index contributed by atoms with van der Waals surface area (Å²) >= 11 is 0. The van der Waals surface area contributed by atoms with Gasteiger partial charge in [0.25, 0.3) is 0 Å². The Morgan fingerprint density at radius 3 is 2.20 bits per heavy atom. The molecular formula is C16H20N2O2. The molecule has 1 aromatic rings. The summed E-state index contributed by atoms with van der Waals surface area (Å²) in [6.07, 6.45) is 0. The van der Waals surface area contributed by atoms with Gasteiger partial charge in [0.2, 0.25) is 11.8 Å². The highest BCUT2D eigenvalue weighted by Crippen LogP contribution is 2.33. The summed E-state index contributed by atoms with van der Waals surface area (Å²) in [6.45, 7) is 6.43. The van der Waals surface area contributed by atoms with Crippen LogP contribution in [0, 0.1) is 25.7 Å². The van der Waals surface area contributed by atoms with Crippen LogP contribution in [0.1, 0.15) is 16.7 Å². The number of imide groups is 1. The third-order valence-corrected chi connectivity index (χ3v) is 4.67. The third-order valence-electron chi connectivity index (χ3n) is 4.67. The topological polar surface area (TPSA) is 40.6 Å². The molecule has 2 aliphatic rings. The molecule has 20 heavy (non-hydrogen) atoms. The summed E-state index contributed by atoms with van der Waals surface area (Å²) in [5, 5.41) is 0. The molecule has 2 saturated heterocycles. The molecule has 0 saturated carbocycles. The van der Waals surface area contributed by atoms with Gasteiger partial charge in [0.1, 0.15) is 0 Å². The van der Waals surface area contributed by atoms with Gasteiger partial charge in [-0.3, -0.25) is 19.4 Å². The lowest BCUT2D eigenvalue weighted by atomic mass is 10.00. The molecule has 4 nitrogen and oxygen atoms in total. The van der Waals surface area contributed by atoms with Crippen LogP contribution in [0.4, 0.5) is 0 Å². The average Bonchev–Trinajstić information content (AvgIpc) is 2.91. The summed E-state index contributed by atoms with van der Waals surface area (Å²) in [6, 6.07) is 6.46. The van der Waals surface area contributed by atoms with Crippen LogP contribution in [0.5, 0.6) is 0 Å². The summed E-state index contributed by atoms with van der Waals surface area (Å²) in [7, 11) is 1.59. The number of rotatable bonds is 2. The molecule has 2 aliphatic heterocycles. The van der Waals surface area contributed by atoms with Crippen LogP contribution in [-0.4, -0.2) is 41.8 Å². The molecule has 0 spiro atoms. The van der Waals surface area contributed by atoms with Gasteiger partial charge in [-0.1, -0.05) is 18.2 Å². The van der Waals surface area contributed by atoms with E-state index < -0.39 is 0 Å². The fourth-order valence-corrected chi connectivity index (χ4v) is 3.28. The van der Waals surface area contributed by atoms with E-state index in [1.165, 1.54) is 21.6 Å². The minimum atomic E-state index is -0.126. The Hall–Kier alpha value is -1.68. The van der Waals surface area contributed by atoms with Crippen molar-refractivity contribution in [2.45, 2.75) is 20.4 Å². The van der Waals surface area contributed by atoms with E-state index in [0.717, 1.165) is 6.54 Å². The number of hydrogen-bond donors (Lipinski definition) is 0. The molecule has 2 fully saturated rings. The number of likely N-dealkylation sites (tertiary alicyclic amines) is 2. The van der Waals surface area contributed by atoms with E-state index >= 15 is 0 Å². The molecule has 106 valence electrons. The molecule has 1 aromatic carbocycles. The minimum Gasteiger partial charge on any atom is -0.297 e. The number of carbonyl (C=O) groups is 2. The monoisotopic (exact) mass is 272 g/mol. The second kappa shape index (κ2) is 4.70. The van der Waals surface area contributed by atoms with Crippen LogP contribution in [-0.2, 0) is 16.1 Å². The molecule has 4 heteroatoms. The Morgan fingerprint density at radius 2 is 1.65 bits per heavy atom. The summed E-state index contributed by atoms with van der Waals surface area (Å²) in [4.78, 5) is 27.5. The largest absolute Gasteiger partial charge is 0.297 e. The van der Waals surface area contributed by atoms with Gasteiger partial charge < -0.3 is 0 Å². The molecule has 0 radical (unpaired) electrons. The third kappa shape index (κ3) is 2.04. The van der Waals surface area contributed by atoms with E-state index in [1.54, 1.807) is 7.05 Å². The lowest BCUT2D eigenvalue weighted by molar-refractivity contribution is -0.138. The Labute approximate surface area is 119 Å². The Balaban J connectivity index is 1.71. The highest BCUT2D eigenvalue weighted by atomic mass is 16.2. The van der Waals surface area contributed by atoms with E-state index in [-0.39, 0.29) is 23.7 Å². The molecule has 3 rings (SSSR count). The molecule has 2 heterocycles. The number of fused-ring (bicyclic) bond motifs is 1. The van der Waals surface area contributed by atoms with E-state index in [2.05, 4.69) is 36.9 Å². The number of hydrogen-bond acceptors (Lipinski definition) is 3. The van der Waals surface area contributed by atoms with E-state index in [0.29, 0.717) is 13.1 Å². The van der Waals surface area contributed by atoms with Gasteiger partial charge in [0.05, 0.1) is 11.8 Å². The van der Waals surface area contributed by atoms with Gasteiger partial charge in [-0.15, -0.1) is 0 Å². The predicted molar refractivity (Wildman–Crippen MR) is 76.0 cm³/mol. The number of benzene rings is 1. The standard InChI is InChI=1S/C16H20N2O2/c1-10-4-5-12(6-11(10)2)7-18-8-13-14(9-18)16(20)17(3)15(13)19/h4-6,13-14H,7-9H2,1-3H3/t13-,14+. The predicted octanol–water partition coefficient (Wildman–Crippen LogP) is 1.35. The molecule has 0 aromatic heterocycles. The first kappa shape index (κ1) is 13.3. The summed E-state index contributed by atoms with van der Waals surface area (Å²) in [5.74, 6) is -0.275. The zero-order chi connectivity index (χ0) is 14.4. The summed E-state index contributed by atoms with van der Waals surface area (Å²) < 4.78 is 0. The van der Waals surface area contributed by atoms with Crippen molar-refractivity contribution < 1.29 is 9.59 Å². The second-order valence-corrected chi connectivity index (χ2v) is 6.06. The fourth-order valence-electron chi connectivity index (χ4n) is 3.28. The van der Waals surface area contributed by atoms with Gasteiger partial charge in [0, 0.05) is 26.7 Å². The van der Waals surface area contributed by atoms with Gasteiger partial charge >= 0.3 is 0 Å². The lowest BCUT2D eigenvalue weighted by Gasteiger charge is -2.19. The van der Waals surface area contributed by atoms with Crippen molar-refractivity contribution in [3.8, 4) is 0 Å². The molecule has 0 aliphatic carbocycles. The zero-order valence-corrected chi connectivity index (χ0v) is 12.2. The number of amides is 2. The first-order valence-corrected chi connectivity index (χ1v) is 7.07. The first-order chi connectivity index (χ1) is 9.47. The second-order valence-electron chi connectivity index (χ2n) is 6.06. The number of nitrogens with zero attached hydrogens (tertiary/aromatic N) is 2. The number of aryl methyl sites for hydroxylation is 2. The Morgan fingerprint density at radius 1 is 1.05 bits per heavy atom. The highest BCUT2D eigenvalue weighted by molar-refractivity contribution is 6.05. The van der Waals surface area contributed by atoms with E-state index in [9.17, 15) is 9.59 Å². The zero-order valence-electron chi connectivity index (χ0n) is 12.2. The van der Waals surface area contributed by atoms with E-state index in [4.69, 9.17) is 0 Å². The molecule has 0 N–H and O–H groups in total. The van der Waals surface area contributed by atoms with Crippen LogP contribution < -0.4 is 0 Å². The summed E-state index contributed by atoms with van der Waals surface area (Å²) in [5.41, 5.74) is 3.83. The lowest BCUT2D eigenvalue weighted by Crippen LogP contribution is -2.32. The molecule has 2 atom stereocenters. The van der Waals surface area contributed by atoms with Crippen LogP contribution in [0.15, 0.2) is 18.2 Å². The van der Waals surface area contributed by atoms with Crippen molar-refractivity contribution in [3.05, 3.63) is 34.9 Å². The highest BCUT2D eigenvalue weighted by Gasteiger charge is 2.50. The van der Waals surface area contributed by atoms with Gasteiger partial charge in [-0.05, 0) is 30.5 Å². The van der Waals surface area contributed by atoms with Crippen molar-refractivity contribution in [1.29, 1.82) is 0 Å². The number of carbonyl (C=O) groups excluding carboxylic acids is 2. The van der Waals surface area contributed by atoms with Crippen molar-refractivity contribution >= 4 is 11.8 Å². The quantitative estimate of drug-likeness (QED) is 0.763. The van der Waals surface area contributed by atoms with Crippen molar-refractivity contribution in [2.75, 3.05) is 20.1 Å². The van der Waals surface area contributed by atoms with Crippen LogP contribution in [0.3, 0.4) is 0 Å². The average molecular weight is 272 g/mol. The van der Waals surface area contributed by atoms with Gasteiger partial charge in [0.15, 0.2) is 0 Å². The molecular weight excluding hydrogens is 252 g/mol. The maximum Gasteiger partial charge on any atom is 0.234 e. The molecule has 0 unspecified atom stereocenters. The van der Waals surface area contributed by atoms with Crippen molar-refractivity contribution in [2.24, 2.45) is 11.8 Å². The smallest absolute Gasteiger partial charge is 0.234 e. The Kier molecular flexibility index (Phi) is 3.13. The fraction of sp³-hybridized carbons (Fsp3) is 0.500. The van der Waals surface area contributed by atoms with Crippen LogP contribution in [0.25, 0.3) is 0 Å². The first-order valence-electron chi connectivity index (χ1n) is 7.07. The van der Waals surface area contributed by atoms with Gasteiger partial charge in [-0.2, -0.15) is 0 Å².